The summed E-state index contributed by atoms with van der Waals surface area (Å²) in [6.45, 7) is 0. The highest BCUT2D eigenvalue weighted by Gasteiger charge is 2.16. The molecule has 0 heterocycles. The van der Waals surface area contributed by atoms with Crippen molar-refractivity contribution in [3.63, 3.8) is 0 Å². The van der Waals surface area contributed by atoms with Gasteiger partial charge in [0.05, 0.1) is 19.9 Å². The number of benzene rings is 1. The Morgan fingerprint density at radius 3 is 2.56 bits per heavy atom. The van der Waals surface area contributed by atoms with Gasteiger partial charge in [0.25, 0.3) is 0 Å². The molecule has 16 heavy (non-hydrogen) atoms. The minimum atomic E-state index is -0.984. The van der Waals surface area contributed by atoms with Gasteiger partial charge in [-0.25, -0.2) is 4.79 Å². The summed E-state index contributed by atoms with van der Waals surface area (Å²) in [6, 6.07) is 4.66. The molecule has 0 aromatic heterocycles. The summed E-state index contributed by atoms with van der Waals surface area (Å²) in [5.74, 6) is -1.47. The third-order valence-electron chi connectivity index (χ3n) is 1.78. The first-order chi connectivity index (χ1) is 7.58. The maximum Gasteiger partial charge on any atom is 0.396 e. The molecular formula is C10H10ClNO4. The quantitative estimate of drug-likeness (QED) is 0.631. The van der Waals surface area contributed by atoms with Crippen molar-refractivity contribution in [3.05, 3.63) is 23.2 Å². The van der Waals surface area contributed by atoms with Crippen LogP contribution in [-0.2, 0) is 14.3 Å². The molecule has 6 heteroatoms. The highest BCUT2D eigenvalue weighted by atomic mass is 35.5. The van der Waals surface area contributed by atoms with Gasteiger partial charge in [-0.3, -0.25) is 4.79 Å². The molecule has 0 fully saturated rings. The number of carbonyl (C=O) groups is 2. The Morgan fingerprint density at radius 2 is 2.00 bits per heavy atom. The number of hydrogen-bond donors (Lipinski definition) is 1. The van der Waals surface area contributed by atoms with Crippen molar-refractivity contribution in [2.24, 2.45) is 0 Å². The average molecular weight is 244 g/mol. The molecule has 0 atom stereocenters. The lowest BCUT2D eigenvalue weighted by atomic mass is 10.3. The Balaban J connectivity index is 2.91. The number of methoxy groups -OCH3 is 2. The Bertz CT molecular complexity index is 419. The summed E-state index contributed by atoms with van der Waals surface area (Å²) in [5, 5.41) is 2.75. The van der Waals surface area contributed by atoms with Crippen LogP contribution in [0.2, 0.25) is 5.02 Å². The minimum absolute atomic E-state index is 0.311. The molecule has 5 nitrogen and oxygen atoms in total. The van der Waals surface area contributed by atoms with Crippen molar-refractivity contribution in [2.45, 2.75) is 0 Å². The molecule has 86 valence electrons. The average Bonchev–Trinajstić information content (AvgIpc) is 2.28. The number of anilines is 1. The van der Waals surface area contributed by atoms with E-state index in [-0.39, 0.29) is 0 Å². The fourth-order valence-electron chi connectivity index (χ4n) is 1.04. The zero-order chi connectivity index (χ0) is 12.1. The van der Waals surface area contributed by atoms with Crippen molar-refractivity contribution in [3.8, 4) is 5.75 Å². The maximum absolute atomic E-state index is 11.2. The molecule has 0 aliphatic carbocycles. The smallest absolute Gasteiger partial charge is 0.396 e. The second-order valence-electron chi connectivity index (χ2n) is 2.79. The number of esters is 1. The first kappa shape index (κ1) is 12.3. The van der Waals surface area contributed by atoms with Gasteiger partial charge in [-0.1, -0.05) is 11.6 Å². The zero-order valence-electron chi connectivity index (χ0n) is 8.74. The molecule has 0 bridgehead atoms. The fourth-order valence-corrected chi connectivity index (χ4v) is 1.22. The monoisotopic (exact) mass is 243 g/mol. The Kier molecular flexibility index (Phi) is 4.13. The van der Waals surface area contributed by atoms with E-state index in [9.17, 15) is 9.59 Å². The number of carbonyl (C=O) groups excluding carboxylic acids is 2. The van der Waals surface area contributed by atoms with Crippen LogP contribution in [0.4, 0.5) is 5.69 Å². The van der Waals surface area contributed by atoms with Crippen molar-refractivity contribution >= 4 is 29.2 Å². The van der Waals surface area contributed by atoms with E-state index in [1.807, 2.05) is 0 Å². The largest absolute Gasteiger partial charge is 0.495 e. The highest BCUT2D eigenvalue weighted by molar-refractivity contribution is 6.37. The van der Waals surface area contributed by atoms with E-state index in [4.69, 9.17) is 16.3 Å². The van der Waals surface area contributed by atoms with E-state index in [0.29, 0.717) is 16.5 Å². The Morgan fingerprint density at radius 1 is 1.31 bits per heavy atom. The van der Waals surface area contributed by atoms with Crippen LogP contribution < -0.4 is 10.1 Å². The summed E-state index contributed by atoms with van der Waals surface area (Å²) < 4.78 is 9.25. The van der Waals surface area contributed by atoms with Gasteiger partial charge in [0, 0.05) is 5.02 Å². The van der Waals surface area contributed by atoms with E-state index in [1.165, 1.54) is 13.2 Å². The van der Waals surface area contributed by atoms with Crippen LogP contribution in [0, 0.1) is 0 Å². The van der Waals surface area contributed by atoms with Crippen molar-refractivity contribution in [1.29, 1.82) is 0 Å². The molecular weight excluding hydrogens is 234 g/mol. The molecule has 0 radical (unpaired) electrons. The van der Waals surface area contributed by atoms with E-state index in [2.05, 4.69) is 10.1 Å². The normalized spacial score (nSPS) is 9.44. The van der Waals surface area contributed by atoms with Crippen LogP contribution in [-0.4, -0.2) is 26.1 Å². The number of hydrogen-bond acceptors (Lipinski definition) is 4. The number of halogens is 1. The van der Waals surface area contributed by atoms with E-state index >= 15 is 0 Å². The van der Waals surface area contributed by atoms with Gasteiger partial charge < -0.3 is 14.8 Å². The van der Waals surface area contributed by atoms with Gasteiger partial charge in [-0.15, -0.1) is 0 Å². The number of rotatable bonds is 2. The Labute approximate surface area is 97.3 Å². The molecule has 0 aliphatic rings. The summed E-state index contributed by atoms with van der Waals surface area (Å²) in [4.78, 5) is 22.1. The first-order valence-corrected chi connectivity index (χ1v) is 4.69. The van der Waals surface area contributed by atoms with Crippen molar-refractivity contribution in [1.82, 2.24) is 0 Å². The molecule has 0 aliphatic heterocycles. The lowest BCUT2D eigenvalue weighted by Gasteiger charge is -2.09. The van der Waals surface area contributed by atoms with E-state index < -0.39 is 11.9 Å². The summed E-state index contributed by atoms with van der Waals surface area (Å²) >= 11 is 5.75. The maximum atomic E-state index is 11.2. The highest BCUT2D eigenvalue weighted by Crippen LogP contribution is 2.27. The van der Waals surface area contributed by atoms with Crippen LogP contribution >= 0.6 is 11.6 Å². The third kappa shape index (κ3) is 2.87. The predicted octanol–water partition coefficient (Wildman–Crippen LogP) is 1.46. The first-order valence-electron chi connectivity index (χ1n) is 4.31. The van der Waals surface area contributed by atoms with Crippen LogP contribution in [0.3, 0.4) is 0 Å². The molecule has 0 unspecified atom stereocenters. The summed E-state index contributed by atoms with van der Waals surface area (Å²) in [6.07, 6.45) is 0. The molecule has 1 aromatic rings. The zero-order valence-corrected chi connectivity index (χ0v) is 9.50. The SMILES string of the molecule is COC(=O)C(=O)Nc1cc(Cl)ccc1OC. The molecule has 0 spiro atoms. The molecule has 1 N–H and O–H groups in total. The van der Waals surface area contributed by atoms with Gasteiger partial charge in [0.15, 0.2) is 0 Å². The van der Waals surface area contributed by atoms with Crippen molar-refractivity contribution < 1.29 is 19.1 Å². The lowest BCUT2D eigenvalue weighted by molar-refractivity contribution is -0.150. The van der Waals surface area contributed by atoms with Crippen LogP contribution in [0.15, 0.2) is 18.2 Å². The minimum Gasteiger partial charge on any atom is -0.495 e. The third-order valence-corrected chi connectivity index (χ3v) is 2.02. The van der Waals surface area contributed by atoms with Crippen LogP contribution in [0.25, 0.3) is 0 Å². The number of amides is 1. The number of ether oxygens (including phenoxy) is 2. The van der Waals surface area contributed by atoms with Gasteiger partial charge in [0.1, 0.15) is 5.75 Å². The summed E-state index contributed by atoms with van der Waals surface area (Å²) in [7, 11) is 2.56. The molecule has 1 amide bonds. The molecule has 0 saturated carbocycles. The van der Waals surface area contributed by atoms with E-state index in [0.717, 1.165) is 7.11 Å². The Hall–Kier alpha value is -1.75. The van der Waals surface area contributed by atoms with E-state index in [1.54, 1.807) is 12.1 Å². The van der Waals surface area contributed by atoms with Crippen LogP contribution in [0.1, 0.15) is 0 Å². The van der Waals surface area contributed by atoms with Gasteiger partial charge >= 0.3 is 11.9 Å². The fraction of sp³-hybridized carbons (Fsp3) is 0.200. The predicted molar refractivity (Wildman–Crippen MR) is 58.6 cm³/mol. The second kappa shape index (κ2) is 5.37. The molecule has 1 aromatic carbocycles. The summed E-state index contributed by atoms with van der Waals surface area (Å²) in [5.41, 5.74) is 0.311. The second-order valence-corrected chi connectivity index (χ2v) is 3.23. The standard InChI is InChI=1S/C10H10ClNO4/c1-15-8-4-3-6(11)5-7(8)12-9(13)10(14)16-2/h3-5H,1-2H3,(H,12,13). The van der Waals surface area contributed by atoms with Gasteiger partial charge in [-0.05, 0) is 18.2 Å². The van der Waals surface area contributed by atoms with Crippen LogP contribution in [0.5, 0.6) is 5.75 Å². The topological polar surface area (TPSA) is 64.6 Å². The van der Waals surface area contributed by atoms with Crippen molar-refractivity contribution in [2.75, 3.05) is 19.5 Å². The lowest BCUT2D eigenvalue weighted by Crippen LogP contribution is -2.24. The molecule has 0 saturated heterocycles. The van der Waals surface area contributed by atoms with Gasteiger partial charge in [-0.2, -0.15) is 0 Å². The number of nitrogens with one attached hydrogen (secondary N) is 1. The van der Waals surface area contributed by atoms with Gasteiger partial charge in [0.2, 0.25) is 0 Å². The molecule has 1 rings (SSSR count).